The lowest BCUT2D eigenvalue weighted by atomic mass is 10.1. The fourth-order valence-electron chi connectivity index (χ4n) is 3.17. The van der Waals surface area contributed by atoms with Gasteiger partial charge in [-0.15, -0.1) is 11.3 Å². The van der Waals surface area contributed by atoms with Crippen molar-refractivity contribution >= 4 is 38.2 Å². The molecule has 3 aromatic heterocycles. The second-order valence-electron chi connectivity index (χ2n) is 6.06. The third-order valence-corrected chi connectivity index (χ3v) is 5.59. The summed E-state index contributed by atoms with van der Waals surface area (Å²) < 4.78 is 1.40. The zero-order valence-corrected chi connectivity index (χ0v) is 14.8. The number of H-pyrrole nitrogens is 1. The smallest absolute Gasteiger partial charge is 0.262 e. The van der Waals surface area contributed by atoms with Gasteiger partial charge in [-0.2, -0.15) is 0 Å². The second kappa shape index (κ2) is 5.97. The first kappa shape index (κ1) is 15.8. The van der Waals surface area contributed by atoms with Gasteiger partial charge in [-0.05, 0) is 25.5 Å². The number of hydrogen-bond donors (Lipinski definition) is 1. The molecular formula is C19H17N3O2S. The summed E-state index contributed by atoms with van der Waals surface area (Å²) >= 11 is 1.53. The van der Waals surface area contributed by atoms with Gasteiger partial charge in [0.25, 0.3) is 5.56 Å². The number of carbonyl (C=O) groups is 1. The van der Waals surface area contributed by atoms with Gasteiger partial charge in [0.15, 0.2) is 5.78 Å². The molecule has 4 aromatic rings. The molecule has 0 spiro atoms. The van der Waals surface area contributed by atoms with Gasteiger partial charge in [-0.25, -0.2) is 4.98 Å². The van der Waals surface area contributed by atoms with Crippen molar-refractivity contribution < 1.29 is 4.79 Å². The fourth-order valence-corrected chi connectivity index (χ4v) is 4.09. The Kier molecular flexibility index (Phi) is 3.77. The summed E-state index contributed by atoms with van der Waals surface area (Å²) in [5.41, 5.74) is 2.22. The van der Waals surface area contributed by atoms with Crippen molar-refractivity contribution in [3.8, 4) is 0 Å². The number of para-hydroxylation sites is 1. The Bertz CT molecular complexity index is 1170. The highest BCUT2D eigenvalue weighted by Crippen LogP contribution is 2.23. The number of ketones is 1. The quantitative estimate of drug-likeness (QED) is 0.570. The third-order valence-electron chi connectivity index (χ3n) is 4.40. The normalized spacial score (nSPS) is 11.4. The van der Waals surface area contributed by atoms with Crippen LogP contribution in [0.3, 0.4) is 0 Å². The molecule has 0 unspecified atom stereocenters. The van der Waals surface area contributed by atoms with Crippen LogP contribution in [0.5, 0.6) is 0 Å². The van der Waals surface area contributed by atoms with Crippen LogP contribution in [0.25, 0.3) is 21.1 Å². The van der Waals surface area contributed by atoms with Crippen LogP contribution in [0, 0.1) is 6.92 Å². The summed E-state index contributed by atoms with van der Waals surface area (Å²) in [4.78, 5) is 35.0. The minimum Gasteiger partial charge on any atom is -0.358 e. The van der Waals surface area contributed by atoms with Crippen molar-refractivity contribution in [1.29, 1.82) is 0 Å². The summed E-state index contributed by atoms with van der Waals surface area (Å²) in [6, 6.07) is 9.58. The Labute approximate surface area is 147 Å². The second-order valence-corrected chi connectivity index (χ2v) is 7.17. The highest BCUT2D eigenvalue weighted by Gasteiger charge is 2.17. The standard InChI is InChI=1S/C19H17N3O2S/c1-3-12-8-14-18(25-12)20-10-22(19(14)24)9-16(23)17-11(2)21-15-7-5-4-6-13(15)17/h4-8,10,21H,3,9H2,1-2H3. The van der Waals surface area contributed by atoms with E-state index in [2.05, 4.69) is 9.97 Å². The molecule has 0 aliphatic carbocycles. The zero-order valence-electron chi connectivity index (χ0n) is 14.0. The molecule has 0 aliphatic rings. The summed E-state index contributed by atoms with van der Waals surface area (Å²) in [6.45, 7) is 3.91. The summed E-state index contributed by atoms with van der Waals surface area (Å²) in [5, 5.41) is 1.48. The number of Topliss-reactive ketones (excluding diaryl/α,β-unsaturated/α-hetero) is 1. The maximum absolute atomic E-state index is 12.9. The molecule has 0 atom stereocenters. The van der Waals surface area contributed by atoms with Crippen molar-refractivity contribution in [3.63, 3.8) is 0 Å². The minimum atomic E-state index is -0.160. The van der Waals surface area contributed by atoms with E-state index in [0.717, 1.165) is 32.7 Å². The first-order valence-electron chi connectivity index (χ1n) is 8.17. The van der Waals surface area contributed by atoms with Gasteiger partial charge in [0.1, 0.15) is 4.83 Å². The molecule has 0 aliphatic heterocycles. The molecule has 0 radical (unpaired) electrons. The topological polar surface area (TPSA) is 67.8 Å². The number of carbonyl (C=O) groups excluding carboxylic acids is 1. The van der Waals surface area contributed by atoms with Gasteiger partial charge in [0, 0.05) is 27.0 Å². The van der Waals surface area contributed by atoms with E-state index >= 15 is 0 Å². The maximum Gasteiger partial charge on any atom is 0.262 e. The monoisotopic (exact) mass is 351 g/mol. The molecule has 0 amide bonds. The highest BCUT2D eigenvalue weighted by molar-refractivity contribution is 7.18. The van der Waals surface area contributed by atoms with Crippen LogP contribution in [0.4, 0.5) is 0 Å². The minimum absolute atomic E-state index is 0.0121. The van der Waals surface area contributed by atoms with Crippen LogP contribution in [-0.2, 0) is 13.0 Å². The van der Waals surface area contributed by atoms with Crippen LogP contribution in [0.1, 0.15) is 27.9 Å². The average Bonchev–Trinajstić information content (AvgIpc) is 3.17. The maximum atomic E-state index is 12.9. The number of thiophene rings is 1. The van der Waals surface area contributed by atoms with Gasteiger partial charge in [-0.1, -0.05) is 25.1 Å². The first-order chi connectivity index (χ1) is 12.1. The van der Waals surface area contributed by atoms with E-state index in [1.807, 2.05) is 44.2 Å². The third kappa shape index (κ3) is 2.59. The molecule has 4 rings (SSSR count). The Morgan fingerprint density at radius 1 is 1.28 bits per heavy atom. The summed E-state index contributed by atoms with van der Waals surface area (Å²) in [5.74, 6) is -0.0934. The van der Waals surface area contributed by atoms with E-state index < -0.39 is 0 Å². The largest absolute Gasteiger partial charge is 0.358 e. The molecule has 0 fully saturated rings. The molecule has 25 heavy (non-hydrogen) atoms. The molecular weight excluding hydrogens is 334 g/mol. The first-order valence-corrected chi connectivity index (χ1v) is 8.98. The average molecular weight is 351 g/mol. The number of aromatic amines is 1. The van der Waals surface area contributed by atoms with Crippen molar-refractivity contribution in [1.82, 2.24) is 14.5 Å². The number of hydrogen-bond acceptors (Lipinski definition) is 4. The van der Waals surface area contributed by atoms with Crippen LogP contribution >= 0.6 is 11.3 Å². The van der Waals surface area contributed by atoms with Crippen LogP contribution in [-0.4, -0.2) is 20.3 Å². The molecule has 126 valence electrons. The van der Waals surface area contributed by atoms with E-state index in [1.54, 1.807) is 0 Å². The van der Waals surface area contributed by atoms with E-state index in [1.165, 1.54) is 22.2 Å². The van der Waals surface area contributed by atoms with Gasteiger partial charge >= 0.3 is 0 Å². The van der Waals surface area contributed by atoms with Crippen LogP contribution < -0.4 is 5.56 Å². The number of benzene rings is 1. The number of aromatic nitrogens is 3. The van der Waals surface area contributed by atoms with E-state index in [-0.39, 0.29) is 17.9 Å². The van der Waals surface area contributed by atoms with Crippen molar-refractivity contribution in [2.45, 2.75) is 26.8 Å². The molecule has 0 saturated carbocycles. The molecule has 6 heteroatoms. The number of nitrogens with one attached hydrogen (secondary N) is 1. The SMILES string of the molecule is CCc1cc2c(=O)n(CC(=O)c3c(C)[nH]c4ccccc34)cnc2s1. The predicted octanol–water partition coefficient (Wildman–Crippen LogP) is 3.69. The number of aryl methyl sites for hydroxylation is 2. The Balaban J connectivity index is 1.75. The summed E-state index contributed by atoms with van der Waals surface area (Å²) in [7, 11) is 0. The Hall–Kier alpha value is -2.73. The number of nitrogens with zero attached hydrogens (tertiary/aromatic N) is 2. The number of rotatable bonds is 4. The molecule has 5 nitrogen and oxygen atoms in total. The highest BCUT2D eigenvalue weighted by atomic mass is 32.1. The Morgan fingerprint density at radius 3 is 2.88 bits per heavy atom. The summed E-state index contributed by atoms with van der Waals surface area (Å²) in [6.07, 6.45) is 2.34. The van der Waals surface area contributed by atoms with E-state index in [0.29, 0.717) is 10.9 Å². The predicted molar refractivity (Wildman–Crippen MR) is 101 cm³/mol. The van der Waals surface area contributed by atoms with Gasteiger partial charge in [0.2, 0.25) is 0 Å². The lowest BCUT2D eigenvalue weighted by Crippen LogP contribution is -2.24. The fraction of sp³-hybridized carbons (Fsp3) is 0.211. The molecule has 3 heterocycles. The van der Waals surface area contributed by atoms with Crippen LogP contribution in [0.15, 0.2) is 41.5 Å². The number of fused-ring (bicyclic) bond motifs is 2. The van der Waals surface area contributed by atoms with Gasteiger partial charge in [0.05, 0.1) is 18.3 Å². The van der Waals surface area contributed by atoms with Gasteiger partial charge in [-0.3, -0.25) is 14.2 Å². The molecule has 0 saturated heterocycles. The Morgan fingerprint density at radius 2 is 2.08 bits per heavy atom. The molecule has 0 bridgehead atoms. The van der Waals surface area contributed by atoms with Crippen molar-refractivity contribution in [2.24, 2.45) is 0 Å². The van der Waals surface area contributed by atoms with Crippen LogP contribution in [0.2, 0.25) is 0 Å². The van der Waals surface area contributed by atoms with E-state index in [9.17, 15) is 9.59 Å². The lowest BCUT2D eigenvalue weighted by Gasteiger charge is -2.05. The molecule has 1 N–H and O–H groups in total. The van der Waals surface area contributed by atoms with Gasteiger partial charge < -0.3 is 4.98 Å². The zero-order chi connectivity index (χ0) is 17.6. The van der Waals surface area contributed by atoms with Crippen molar-refractivity contribution in [2.75, 3.05) is 0 Å². The lowest BCUT2D eigenvalue weighted by molar-refractivity contribution is 0.0971. The van der Waals surface area contributed by atoms with Crippen molar-refractivity contribution in [3.05, 3.63) is 63.1 Å². The van der Waals surface area contributed by atoms with E-state index in [4.69, 9.17) is 0 Å². The molecule has 1 aromatic carbocycles.